The molecule has 2 heterocycles. The minimum absolute atomic E-state index is 0.0686. The Morgan fingerprint density at radius 3 is 2.84 bits per heavy atom. The normalized spacial score (nSPS) is 13.7. The zero-order valence-corrected chi connectivity index (χ0v) is 14.2. The minimum atomic E-state index is -0.296. The first-order valence-corrected chi connectivity index (χ1v) is 8.39. The minimum Gasteiger partial charge on any atom is -0.352 e. The summed E-state index contributed by atoms with van der Waals surface area (Å²) in [7, 11) is 0. The van der Waals surface area contributed by atoms with E-state index in [9.17, 15) is 14.0 Å². The molecule has 2 aromatic rings. The largest absolute Gasteiger partial charge is 0.352 e. The standard InChI is InChI=1S/C18H21FN4O2/c1-13-11-17-22(18(25)8-10-23(17)21-13)9-2-3-16(24)20-12-14-4-6-15(19)7-5-14/h4-7,11H,2-3,8-10,12H2,1H3,(H,20,24). The third-order valence-electron chi connectivity index (χ3n) is 4.18. The summed E-state index contributed by atoms with van der Waals surface area (Å²) in [4.78, 5) is 25.8. The van der Waals surface area contributed by atoms with E-state index >= 15 is 0 Å². The number of aromatic nitrogens is 2. The summed E-state index contributed by atoms with van der Waals surface area (Å²) in [5, 5.41) is 7.17. The second-order valence-electron chi connectivity index (χ2n) is 6.17. The van der Waals surface area contributed by atoms with E-state index in [1.54, 1.807) is 17.0 Å². The molecule has 0 radical (unpaired) electrons. The molecule has 1 aromatic heterocycles. The van der Waals surface area contributed by atoms with Crippen molar-refractivity contribution in [1.29, 1.82) is 0 Å². The average molecular weight is 344 g/mol. The van der Waals surface area contributed by atoms with Crippen LogP contribution in [0.15, 0.2) is 30.3 Å². The van der Waals surface area contributed by atoms with Crippen LogP contribution in [0.1, 0.15) is 30.5 Å². The van der Waals surface area contributed by atoms with Crippen molar-refractivity contribution >= 4 is 17.6 Å². The van der Waals surface area contributed by atoms with Gasteiger partial charge in [-0.15, -0.1) is 0 Å². The monoisotopic (exact) mass is 344 g/mol. The van der Waals surface area contributed by atoms with Gasteiger partial charge in [-0.05, 0) is 31.0 Å². The second kappa shape index (κ2) is 7.46. The molecule has 0 saturated heterocycles. The predicted octanol–water partition coefficient (Wildman–Crippen LogP) is 2.16. The molecule has 1 N–H and O–H groups in total. The Kier molecular flexibility index (Phi) is 5.11. The summed E-state index contributed by atoms with van der Waals surface area (Å²) >= 11 is 0. The number of amides is 2. The zero-order chi connectivity index (χ0) is 17.8. The molecule has 2 amide bonds. The quantitative estimate of drug-likeness (QED) is 0.873. The molecule has 0 bridgehead atoms. The molecule has 132 valence electrons. The Morgan fingerprint density at radius 2 is 2.08 bits per heavy atom. The molecule has 25 heavy (non-hydrogen) atoms. The highest BCUT2D eigenvalue weighted by atomic mass is 19.1. The van der Waals surface area contributed by atoms with Crippen LogP contribution in [0.2, 0.25) is 0 Å². The number of hydrogen-bond donors (Lipinski definition) is 1. The number of benzene rings is 1. The lowest BCUT2D eigenvalue weighted by molar-refractivity contribution is -0.122. The van der Waals surface area contributed by atoms with Gasteiger partial charge in [0.05, 0.1) is 12.2 Å². The molecule has 3 rings (SSSR count). The van der Waals surface area contributed by atoms with E-state index in [1.807, 2.05) is 17.7 Å². The summed E-state index contributed by atoms with van der Waals surface area (Å²) in [5.41, 5.74) is 1.73. The van der Waals surface area contributed by atoms with Gasteiger partial charge in [-0.25, -0.2) is 9.07 Å². The summed E-state index contributed by atoms with van der Waals surface area (Å²) < 4.78 is 14.7. The number of carbonyl (C=O) groups excluding carboxylic acids is 2. The summed E-state index contributed by atoms with van der Waals surface area (Å²) in [6.45, 7) is 3.37. The number of carbonyl (C=O) groups is 2. The Bertz CT molecular complexity index is 770. The molecule has 0 fully saturated rings. The Labute approximate surface area is 145 Å². The van der Waals surface area contributed by atoms with Crippen molar-refractivity contribution in [1.82, 2.24) is 15.1 Å². The van der Waals surface area contributed by atoms with Gasteiger partial charge < -0.3 is 5.32 Å². The van der Waals surface area contributed by atoms with Crippen LogP contribution < -0.4 is 10.2 Å². The molecular formula is C18H21FN4O2. The van der Waals surface area contributed by atoms with Crippen LogP contribution in [0.5, 0.6) is 0 Å². The lowest BCUT2D eigenvalue weighted by Crippen LogP contribution is -2.38. The highest BCUT2D eigenvalue weighted by molar-refractivity contribution is 5.93. The van der Waals surface area contributed by atoms with Crippen molar-refractivity contribution in [3.63, 3.8) is 0 Å². The van der Waals surface area contributed by atoms with Crippen LogP contribution in [0.25, 0.3) is 0 Å². The van der Waals surface area contributed by atoms with E-state index in [0.29, 0.717) is 38.9 Å². The third-order valence-corrected chi connectivity index (χ3v) is 4.18. The van der Waals surface area contributed by atoms with E-state index in [1.165, 1.54) is 12.1 Å². The molecular weight excluding hydrogens is 323 g/mol. The third kappa shape index (κ3) is 4.23. The molecule has 1 aliphatic rings. The summed E-state index contributed by atoms with van der Waals surface area (Å²) in [6.07, 6.45) is 1.34. The average Bonchev–Trinajstić information content (AvgIpc) is 2.97. The highest BCUT2D eigenvalue weighted by Gasteiger charge is 2.25. The fraction of sp³-hybridized carbons (Fsp3) is 0.389. The first-order valence-electron chi connectivity index (χ1n) is 8.39. The smallest absolute Gasteiger partial charge is 0.229 e. The van der Waals surface area contributed by atoms with Crippen molar-refractivity contribution in [3.05, 3.63) is 47.4 Å². The highest BCUT2D eigenvalue weighted by Crippen LogP contribution is 2.22. The lowest BCUT2D eigenvalue weighted by atomic mass is 10.2. The van der Waals surface area contributed by atoms with Gasteiger partial charge in [0.15, 0.2) is 0 Å². The Hall–Kier alpha value is -2.70. The first-order chi connectivity index (χ1) is 12.0. The first kappa shape index (κ1) is 17.1. The van der Waals surface area contributed by atoms with Crippen molar-refractivity contribution in [3.8, 4) is 0 Å². The molecule has 0 spiro atoms. The summed E-state index contributed by atoms with van der Waals surface area (Å²) in [6, 6.07) is 7.92. The molecule has 1 aromatic carbocycles. The van der Waals surface area contributed by atoms with Crippen LogP contribution >= 0.6 is 0 Å². The van der Waals surface area contributed by atoms with Crippen LogP contribution in [0.3, 0.4) is 0 Å². The van der Waals surface area contributed by atoms with Gasteiger partial charge in [0.25, 0.3) is 0 Å². The predicted molar refractivity (Wildman–Crippen MR) is 91.4 cm³/mol. The van der Waals surface area contributed by atoms with E-state index in [-0.39, 0.29) is 17.6 Å². The number of aryl methyl sites for hydroxylation is 2. The number of anilines is 1. The van der Waals surface area contributed by atoms with Crippen LogP contribution in [-0.4, -0.2) is 28.1 Å². The Balaban J connectivity index is 1.46. The maximum absolute atomic E-state index is 12.8. The van der Waals surface area contributed by atoms with Gasteiger partial charge in [0, 0.05) is 32.0 Å². The number of nitrogens with zero attached hydrogens (tertiary/aromatic N) is 3. The topological polar surface area (TPSA) is 67.2 Å². The molecule has 6 nitrogen and oxygen atoms in total. The number of fused-ring (bicyclic) bond motifs is 1. The van der Waals surface area contributed by atoms with Crippen LogP contribution in [0, 0.1) is 12.7 Å². The number of halogens is 1. The second-order valence-corrected chi connectivity index (χ2v) is 6.17. The lowest BCUT2D eigenvalue weighted by Gasteiger charge is -2.27. The Morgan fingerprint density at radius 1 is 1.32 bits per heavy atom. The van der Waals surface area contributed by atoms with Gasteiger partial charge in [-0.3, -0.25) is 14.5 Å². The molecule has 7 heteroatoms. The van der Waals surface area contributed by atoms with Crippen LogP contribution in [0.4, 0.5) is 10.2 Å². The molecule has 0 unspecified atom stereocenters. The molecule has 1 aliphatic heterocycles. The van der Waals surface area contributed by atoms with Crippen molar-refractivity contribution in [2.45, 2.75) is 39.3 Å². The number of nitrogens with one attached hydrogen (secondary N) is 1. The van der Waals surface area contributed by atoms with Gasteiger partial charge in [-0.2, -0.15) is 5.10 Å². The fourth-order valence-electron chi connectivity index (χ4n) is 2.91. The van der Waals surface area contributed by atoms with Gasteiger partial charge in [-0.1, -0.05) is 12.1 Å². The van der Waals surface area contributed by atoms with Crippen molar-refractivity contribution in [2.24, 2.45) is 0 Å². The van der Waals surface area contributed by atoms with Gasteiger partial charge in [0.1, 0.15) is 11.6 Å². The van der Waals surface area contributed by atoms with E-state index in [0.717, 1.165) is 17.1 Å². The van der Waals surface area contributed by atoms with Crippen molar-refractivity contribution in [2.75, 3.05) is 11.4 Å². The van der Waals surface area contributed by atoms with Crippen molar-refractivity contribution < 1.29 is 14.0 Å². The molecule has 0 atom stereocenters. The van der Waals surface area contributed by atoms with Crippen LogP contribution in [-0.2, 0) is 22.7 Å². The molecule has 0 aliphatic carbocycles. The van der Waals surface area contributed by atoms with E-state index in [4.69, 9.17) is 0 Å². The van der Waals surface area contributed by atoms with Gasteiger partial charge in [0.2, 0.25) is 11.8 Å². The number of hydrogen-bond acceptors (Lipinski definition) is 3. The van der Waals surface area contributed by atoms with Gasteiger partial charge >= 0.3 is 0 Å². The maximum atomic E-state index is 12.8. The fourth-order valence-corrected chi connectivity index (χ4v) is 2.91. The number of rotatable bonds is 6. The zero-order valence-electron chi connectivity index (χ0n) is 14.2. The summed E-state index contributed by atoms with van der Waals surface area (Å²) in [5.74, 6) is 0.494. The molecule has 0 saturated carbocycles. The maximum Gasteiger partial charge on any atom is 0.229 e. The SMILES string of the molecule is Cc1cc2n(n1)CCC(=O)N2CCCC(=O)NCc1ccc(F)cc1. The van der Waals surface area contributed by atoms with E-state index < -0.39 is 0 Å². The van der Waals surface area contributed by atoms with E-state index in [2.05, 4.69) is 10.4 Å².